The summed E-state index contributed by atoms with van der Waals surface area (Å²) in [6.07, 6.45) is -0.550. The van der Waals surface area contributed by atoms with Crippen molar-refractivity contribution in [1.29, 1.82) is 0 Å². The van der Waals surface area contributed by atoms with Crippen molar-refractivity contribution in [3.05, 3.63) is 11.1 Å². The van der Waals surface area contributed by atoms with Crippen molar-refractivity contribution in [2.24, 2.45) is 0 Å². The molecule has 1 rings (SSSR count). The Morgan fingerprint density at radius 2 is 2.05 bits per heavy atom. The highest BCUT2D eigenvalue weighted by Gasteiger charge is 2.12. The second-order valence-electron chi connectivity index (χ2n) is 4.13. The number of nitrogens with zero attached hydrogens (tertiary/aromatic N) is 1. The van der Waals surface area contributed by atoms with E-state index in [0.29, 0.717) is 5.13 Å². The number of thiazole rings is 1. The number of hydrogen-bond acceptors (Lipinski definition) is 5. The summed E-state index contributed by atoms with van der Waals surface area (Å²) in [5, 5.41) is 15.1. The van der Waals surface area contributed by atoms with E-state index >= 15 is 0 Å². The van der Waals surface area contributed by atoms with Crippen molar-refractivity contribution in [2.45, 2.75) is 32.6 Å². The molecule has 7 nitrogen and oxygen atoms in total. The SMILES string of the molecule is CC(C)c1csc(NC(=O)NC(=O)CCC(=O)O)n1. The summed E-state index contributed by atoms with van der Waals surface area (Å²) in [5.41, 5.74) is 0.859. The first-order chi connectivity index (χ1) is 8.88. The Hall–Kier alpha value is -1.96. The zero-order valence-electron chi connectivity index (χ0n) is 10.6. The summed E-state index contributed by atoms with van der Waals surface area (Å²) in [4.78, 5) is 37.1. The maximum atomic E-state index is 11.4. The van der Waals surface area contributed by atoms with Gasteiger partial charge in [-0.25, -0.2) is 9.78 Å². The second kappa shape index (κ2) is 6.83. The van der Waals surface area contributed by atoms with Gasteiger partial charge in [0.15, 0.2) is 5.13 Å². The molecule has 3 N–H and O–H groups in total. The number of hydrogen-bond donors (Lipinski definition) is 3. The molecule has 0 fully saturated rings. The van der Waals surface area contributed by atoms with E-state index in [9.17, 15) is 14.4 Å². The van der Waals surface area contributed by atoms with Gasteiger partial charge in [0.25, 0.3) is 0 Å². The molecule has 3 amide bonds. The summed E-state index contributed by atoms with van der Waals surface area (Å²) in [6, 6.07) is -0.708. The number of rotatable bonds is 5. The van der Waals surface area contributed by atoms with Crippen molar-refractivity contribution in [3.8, 4) is 0 Å². The highest BCUT2D eigenvalue weighted by atomic mass is 32.1. The zero-order chi connectivity index (χ0) is 14.4. The van der Waals surface area contributed by atoms with E-state index < -0.39 is 17.9 Å². The molecule has 19 heavy (non-hydrogen) atoms. The second-order valence-corrected chi connectivity index (χ2v) is 4.99. The summed E-state index contributed by atoms with van der Waals surface area (Å²) in [5.74, 6) is -1.47. The van der Waals surface area contributed by atoms with Crippen molar-refractivity contribution < 1.29 is 19.5 Å². The minimum Gasteiger partial charge on any atom is -0.481 e. The number of imide groups is 1. The minimum absolute atomic E-state index is 0.238. The third-order valence-corrected chi connectivity index (χ3v) is 2.93. The van der Waals surface area contributed by atoms with Crippen LogP contribution in [0.4, 0.5) is 9.93 Å². The van der Waals surface area contributed by atoms with Crippen LogP contribution < -0.4 is 10.6 Å². The van der Waals surface area contributed by atoms with Crippen LogP contribution in [0.15, 0.2) is 5.38 Å². The standard InChI is InChI=1S/C11H15N3O4S/c1-6(2)7-5-19-11(12-7)14-10(18)13-8(15)3-4-9(16)17/h5-6H,3-4H2,1-2H3,(H,16,17)(H2,12,13,14,15,18). The normalized spacial score (nSPS) is 10.3. The van der Waals surface area contributed by atoms with Crippen molar-refractivity contribution in [1.82, 2.24) is 10.3 Å². The smallest absolute Gasteiger partial charge is 0.327 e. The van der Waals surface area contributed by atoms with Crippen LogP contribution in [-0.4, -0.2) is 28.0 Å². The quantitative estimate of drug-likeness (QED) is 0.764. The van der Waals surface area contributed by atoms with Crippen LogP contribution in [0.2, 0.25) is 0 Å². The third kappa shape index (κ3) is 5.47. The van der Waals surface area contributed by atoms with Gasteiger partial charge in [0.1, 0.15) is 0 Å². The molecule has 0 aromatic carbocycles. The molecule has 0 atom stereocenters. The highest BCUT2D eigenvalue weighted by Crippen LogP contribution is 2.21. The average molecular weight is 285 g/mol. The molecule has 104 valence electrons. The van der Waals surface area contributed by atoms with Gasteiger partial charge in [0, 0.05) is 11.8 Å². The number of carbonyl (C=O) groups is 3. The van der Waals surface area contributed by atoms with Gasteiger partial charge in [-0.15, -0.1) is 11.3 Å². The maximum Gasteiger partial charge on any atom is 0.327 e. The molecule has 0 aliphatic carbocycles. The Kier molecular flexibility index (Phi) is 5.43. The van der Waals surface area contributed by atoms with Gasteiger partial charge in [-0.2, -0.15) is 0 Å². The molecule has 0 spiro atoms. The minimum atomic E-state index is -1.09. The lowest BCUT2D eigenvalue weighted by Crippen LogP contribution is -2.34. The molecule has 0 bridgehead atoms. The lowest BCUT2D eigenvalue weighted by Gasteiger charge is -2.03. The van der Waals surface area contributed by atoms with Crippen LogP contribution in [-0.2, 0) is 9.59 Å². The maximum absolute atomic E-state index is 11.4. The van der Waals surface area contributed by atoms with Crippen molar-refractivity contribution >= 4 is 34.4 Å². The molecule has 0 saturated carbocycles. The Morgan fingerprint density at radius 3 is 2.58 bits per heavy atom. The molecule has 1 heterocycles. The molecule has 1 aromatic heterocycles. The van der Waals surface area contributed by atoms with E-state index in [1.165, 1.54) is 11.3 Å². The van der Waals surface area contributed by atoms with Gasteiger partial charge in [0.05, 0.1) is 12.1 Å². The van der Waals surface area contributed by atoms with Crippen LogP contribution in [0.3, 0.4) is 0 Å². The monoisotopic (exact) mass is 285 g/mol. The summed E-state index contributed by atoms with van der Waals surface area (Å²) >= 11 is 1.26. The third-order valence-electron chi connectivity index (χ3n) is 2.15. The molecule has 8 heteroatoms. The van der Waals surface area contributed by atoms with E-state index in [0.717, 1.165) is 5.69 Å². The fraction of sp³-hybridized carbons (Fsp3) is 0.455. The number of carbonyl (C=O) groups excluding carboxylic acids is 2. The largest absolute Gasteiger partial charge is 0.481 e. The summed E-state index contributed by atoms with van der Waals surface area (Å²) in [7, 11) is 0. The number of amides is 3. The average Bonchev–Trinajstić information content (AvgIpc) is 2.74. The van der Waals surface area contributed by atoms with Crippen LogP contribution in [0, 0.1) is 0 Å². The molecular formula is C11H15N3O4S. The Bertz CT molecular complexity index is 484. The predicted octanol–water partition coefficient (Wildman–Crippen LogP) is 1.78. The number of carboxylic acid groups (broad SMARTS) is 1. The summed E-state index contributed by atoms with van der Waals surface area (Å²) < 4.78 is 0. The molecule has 0 saturated heterocycles. The van der Waals surface area contributed by atoms with E-state index in [2.05, 4.69) is 10.3 Å². The molecule has 0 unspecified atom stereocenters. The van der Waals surface area contributed by atoms with Gasteiger partial charge >= 0.3 is 12.0 Å². The Morgan fingerprint density at radius 1 is 1.37 bits per heavy atom. The van der Waals surface area contributed by atoms with Crippen molar-refractivity contribution in [2.75, 3.05) is 5.32 Å². The number of urea groups is 1. The van der Waals surface area contributed by atoms with E-state index in [-0.39, 0.29) is 18.8 Å². The van der Waals surface area contributed by atoms with E-state index in [1.807, 2.05) is 24.5 Å². The molecular weight excluding hydrogens is 270 g/mol. The molecule has 0 aliphatic rings. The summed E-state index contributed by atoms with van der Waals surface area (Å²) in [6.45, 7) is 3.96. The van der Waals surface area contributed by atoms with Crippen LogP contribution >= 0.6 is 11.3 Å². The van der Waals surface area contributed by atoms with Crippen molar-refractivity contribution in [3.63, 3.8) is 0 Å². The first kappa shape index (κ1) is 15.1. The van der Waals surface area contributed by atoms with Gasteiger partial charge < -0.3 is 5.11 Å². The number of anilines is 1. The van der Waals surface area contributed by atoms with E-state index in [1.54, 1.807) is 0 Å². The highest BCUT2D eigenvalue weighted by molar-refractivity contribution is 7.13. The van der Waals surface area contributed by atoms with Crippen LogP contribution in [0.25, 0.3) is 0 Å². The van der Waals surface area contributed by atoms with Crippen LogP contribution in [0.5, 0.6) is 0 Å². The van der Waals surface area contributed by atoms with Crippen LogP contribution in [0.1, 0.15) is 38.3 Å². The van der Waals surface area contributed by atoms with Gasteiger partial charge in [0.2, 0.25) is 5.91 Å². The van der Waals surface area contributed by atoms with Gasteiger partial charge in [-0.3, -0.25) is 20.2 Å². The fourth-order valence-corrected chi connectivity index (χ4v) is 2.01. The number of aromatic nitrogens is 1. The first-order valence-corrected chi connectivity index (χ1v) is 6.54. The topological polar surface area (TPSA) is 108 Å². The first-order valence-electron chi connectivity index (χ1n) is 5.66. The Balaban J connectivity index is 2.42. The fourth-order valence-electron chi connectivity index (χ4n) is 1.15. The number of aliphatic carboxylic acids is 1. The van der Waals surface area contributed by atoms with E-state index in [4.69, 9.17) is 5.11 Å². The molecule has 1 aromatic rings. The molecule has 0 radical (unpaired) electrons. The number of nitrogens with one attached hydrogen (secondary N) is 2. The number of carboxylic acids is 1. The zero-order valence-corrected chi connectivity index (χ0v) is 11.4. The van der Waals surface area contributed by atoms with Gasteiger partial charge in [-0.1, -0.05) is 13.8 Å². The lowest BCUT2D eigenvalue weighted by atomic mass is 10.2. The lowest BCUT2D eigenvalue weighted by molar-refractivity contribution is -0.138. The predicted molar refractivity (Wildman–Crippen MR) is 70.2 cm³/mol. The molecule has 0 aliphatic heterocycles. The Labute approximate surface area is 114 Å². The van der Waals surface area contributed by atoms with Gasteiger partial charge in [-0.05, 0) is 5.92 Å².